The van der Waals surface area contributed by atoms with Crippen molar-refractivity contribution in [3.05, 3.63) is 11.9 Å². The molecule has 0 aliphatic rings. The monoisotopic (exact) mass is 110 g/mol. The van der Waals surface area contributed by atoms with Gasteiger partial charge in [-0.1, -0.05) is 0 Å². The molecule has 3 heteroatoms. The van der Waals surface area contributed by atoms with E-state index < -0.39 is 12.3 Å². The van der Waals surface area contributed by atoms with Gasteiger partial charge in [0.25, 0.3) is 6.43 Å². The van der Waals surface area contributed by atoms with Crippen molar-refractivity contribution in [1.82, 2.24) is 0 Å². The maximum absolute atomic E-state index is 11.3. The lowest BCUT2D eigenvalue weighted by Gasteiger charge is -1.82. The van der Waals surface area contributed by atoms with E-state index in [9.17, 15) is 13.2 Å². The molecule has 0 saturated carbocycles. The lowest BCUT2D eigenvalue weighted by molar-refractivity contribution is 0.201. The maximum atomic E-state index is 11.3. The number of halogens is 3. The maximum Gasteiger partial charge on any atom is 0.259 e. The average Bonchev–Trinajstić information content (AvgIpc) is 1.27. The molecule has 0 bridgehead atoms. The third-order valence-electron chi connectivity index (χ3n) is 0.356. The summed E-state index contributed by atoms with van der Waals surface area (Å²) in [6.07, 6.45) is -2.41. The minimum absolute atomic E-state index is 0.250. The summed E-state index contributed by atoms with van der Waals surface area (Å²) >= 11 is 0. The summed E-state index contributed by atoms with van der Waals surface area (Å²) in [5.74, 6) is -0.838. The highest BCUT2D eigenvalue weighted by molar-refractivity contribution is 4.88. The lowest BCUT2D eigenvalue weighted by atomic mass is 10.5. The lowest BCUT2D eigenvalue weighted by Crippen LogP contribution is -1.80. The van der Waals surface area contributed by atoms with Crippen molar-refractivity contribution in [3.8, 4) is 0 Å². The van der Waals surface area contributed by atoms with Crippen molar-refractivity contribution < 1.29 is 13.2 Å². The number of rotatable bonds is 1. The fourth-order valence-corrected chi connectivity index (χ4v) is 0.174. The van der Waals surface area contributed by atoms with Gasteiger partial charge in [0.2, 0.25) is 0 Å². The molecule has 0 aromatic carbocycles. The summed E-state index contributed by atoms with van der Waals surface area (Å²) in [6, 6.07) is 0. The molecule has 0 radical (unpaired) electrons. The highest BCUT2D eigenvalue weighted by Gasteiger charge is 1.94. The number of alkyl halides is 2. The largest absolute Gasteiger partial charge is 0.259 e. The van der Waals surface area contributed by atoms with E-state index in [-0.39, 0.29) is 6.08 Å². The second kappa shape index (κ2) is 2.66. The van der Waals surface area contributed by atoms with Crippen LogP contribution >= 0.6 is 0 Å². The second-order valence-electron chi connectivity index (χ2n) is 1.09. The van der Waals surface area contributed by atoms with Gasteiger partial charge in [-0.25, -0.2) is 13.2 Å². The summed E-state index contributed by atoms with van der Waals surface area (Å²) in [5, 5.41) is 0. The Labute approximate surface area is 39.6 Å². The van der Waals surface area contributed by atoms with Crippen LogP contribution in [0.5, 0.6) is 0 Å². The van der Waals surface area contributed by atoms with Crippen molar-refractivity contribution >= 4 is 0 Å². The van der Waals surface area contributed by atoms with Crippen molar-refractivity contribution in [1.29, 1.82) is 0 Å². The first kappa shape index (κ1) is 6.53. The van der Waals surface area contributed by atoms with Crippen LogP contribution in [0, 0.1) is 0 Å². The normalized spacial score (nSPS) is 13.0. The van der Waals surface area contributed by atoms with Crippen molar-refractivity contribution in [2.45, 2.75) is 13.3 Å². The minimum atomic E-state index is -2.66. The molecule has 0 aromatic rings. The zero-order chi connectivity index (χ0) is 5.86. The summed E-state index contributed by atoms with van der Waals surface area (Å²) in [4.78, 5) is 0. The van der Waals surface area contributed by atoms with E-state index in [0.717, 1.165) is 6.92 Å². The Bertz CT molecular complexity index is 71.0. The van der Waals surface area contributed by atoms with E-state index in [1.54, 1.807) is 0 Å². The Balaban J connectivity index is 3.45. The first-order valence-electron chi connectivity index (χ1n) is 1.75. The number of hydrogen-bond donors (Lipinski definition) is 0. The molecular weight excluding hydrogens is 105 g/mol. The average molecular weight is 110 g/mol. The summed E-state index contributed by atoms with van der Waals surface area (Å²) in [7, 11) is 0. The molecule has 0 amide bonds. The van der Waals surface area contributed by atoms with E-state index in [4.69, 9.17) is 0 Å². The van der Waals surface area contributed by atoms with Crippen LogP contribution in [0.25, 0.3) is 0 Å². The van der Waals surface area contributed by atoms with Gasteiger partial charge in [-0.2, -0.15) is 0 Å². The molecule has 0 aliphatic heterocycles. The molecule has 0 fully saturated rings. The third-order valence-corrected chi connectivity index (χ3v) is 0.356. The van der Waals surface area contributed by atoms with Crippen LogP contribution in [0.1, 0.15) is 6.92 Å². The first-order chi connectivity index (χ1) is 3.13. The van der Waals surface area contributed by atoms with Crippen LogP contribution in [0.3, 0.4) is 0 Å². The summed E-state index contributed by atoms with van der Waals surface area (Å²) in [5.41, 5.74) is 0. The molecular formula is C4H5F3. The van der Waals surface area contributed by atoms with Gasteiger partial charge in [-0.3, -0.25) is 0 Å². The highest BCUT2D eigenvalue weighted by atomic mass is 19.3. The number of hydrogen-bond acceptors (Lipinski definition) is 0. The minimum Gasteiger partial charge on any atom is -0.212 e. The molecule has 0 aromatic heterocycles. The molecule has 0 unspecified atom stereocenters. The van der Waals surface area contributed by atoms with Crippen molar-refractivity contribution in [2.24, 2.45) is 0 Å². The molecule has 0 spiro atoms. The van der Waals surface area contributed by atoms with Crippen molar-refractivity contribution in [3.63, 3.8) is 0 Å². The number of allylic oxidation sites excluding steroid dienone is 2. The quantitative estimate of drug-likeness (QED) is 0.485. The molecule has 0 N–H and O–H groups in total. The molecule has 0 nitrogen and oxygen atoms in total. The summed E-state index contributed by atoms with van der Waals surface area (Å²) < 4.78 is 33.3. The van der Waals surface area contributed by atoms with Gasteiger partial charge < -0.3 is 0 Å². The Morgan fingerprint density at radius 2 is 2.00 bits per heavy atom. The van der Waals surface area contributed by atoms with Crippen molar-refractivity contribution in [2.75, 3.05) is 0 Å². The standard InChI is InChI=1S/C4H5F3/c1-3(5)2-4(6)7/h2,4H,1H3. The zero-order valence-corrected chi connectivity index (χ0v) is 3.79. The zero-order valence-electron chi connectivity index (χ0n) is 3.79. The molecule has 7 heavy (non-hydrogen) atoms. The van der Waals surface area contributed by atoms with Gasteiger partial charge in [0.05, 0.1) is 5.83 Å². The van der Waals surface area contributed by atoms with E-state index in [0.29, 0.717) is 0 Å². The SMILES string of the molecule is CC(F)=CC(F)F. The second-order valence-corrected chi connectivity index (χ2v) is 1.09. The molecule has 0 heterocycles. The predicted molar refractivity (Wildman–Crippen MR) is 20.9 cm³/mol. The van der Waals surface area contributed by atoms with Crippen LogP contribution in [-0.4, -0.2) is 6.43 Å². The Morgan fingerprint density at radius 3 is 2.00 bits per heavy atom. The van der Waals surface area contributed by atoms with Crippen LogP contribution in [-0.2, 0) is 0 Å². The fraction of sp³-hybridized carbons (Fsp3) is 0.500. The Hall–Kier alpha value is -0.470. The summed E-state index contributed by atoms with van der Waals surface area (Å²) in [6.45, 7) is 0.978. The molecule has 0 atom stereocenters. The van der Waals surface area contributed by atoms with Crippen LogP contribution < -0.4 is 0 Å². The molecule has 0 saturated heterocycles. The molecule has 42 valence electrons. The van der Waals surface area contributed by atoms with E-state index >= 15 is 0 Å². The molecule has 0 aliphatic carbocycles. The van der Waals surface area contributed by atoms with E-state index in [2.05, 4.69) is 0 Å². The highest BCUT2D eigenvalue weighted by Crippen LogP contribution is 2.00. The third kappa shape index (κ3) is 5.53. The van der Waals surface area contributed by atoms with Gasteiger partial charge in [0.1, 0.15) is 0 Å². The van der Waals surface area contributed by atoms with Crippen LogP contribution in [0.15, 0.2) is 11.9 Å². The van der Waals surface area contributed by atoms with Gasteiger partial charge in [0, 0.05) is 6.08 Å². The van der Waals surface area contributed by atoms with Gasteiger partial charge in [0.15, 0.2) is 0 Å². The van der Waals surface area contributed by atoms with Gasteiger partial charge >= 0.3 is 0 Å². The van der Waals surface area contributed by atoms with E-state index in [1.807, 2.05) is 0 Å². The van der Waals surface area contributed by atoms with E-state index in [1.165, 1.54) is 0 Å². The van der Waals surface area contributed by atoms with Crippen LogP contribution in [0.4, 0.5) is 13.2 Å². The predicted octanol–water partition coefficient (Wildman–Crippen LogP) is 2.12. The van der Waals surface area contributed by atoms with Crippen LogP contribution in [0.2, 0.25) is 0 Å². The topological polar surface area (TPSA) is 0 Å². The smallest absolute Gasteiger partial charge is 0.212 e. The Kier molecular flexibility index (Phi) is 2.48. The molecule has 0 rings (SSSR count). The Morgan fingerprint density at radius 1 is 1.57 bits per heavy atom. The van der Waals surface area contributed by atoms with Gasteiger partial charge in [-0.15, -0.1) is 0 Å². The first-order valence-corrected chi connectivity index (χ1v) is 1.75. The fourth-order valence-electron chi connectivity index (χ4n) is 0.174. The van der Waals surface area contributed by atoms with Gasteiger partial charge in [-0.05, 0) is 6.92 Å².